The monoisotopic (exact) mass is 544 g/mol. The van der Waals surface area contributed by atoms with E-state index in [9.17, 15) is 0 Å². The molecule has 2 fully saturated rings. The van der Waals surface area contributed by atoms with E-state index < -0.39 is 8.32 Å². The van der Waals surface area contributed by atoms with Crippen LogP contribution in [0, 0.1) is 5.92 Å². The average Bonchev–Trinajstić information content (AvgIpc) is 3.47. The van der Waals surface area contributed by atoms with Gasteiger partial charge in [-0.3, -0.25) is 4.68 Å². The van der Waals surface area contributed by atoms with E-state index in [1.54, 1.807) is 0 Å². The second kappa shape index (κ2) is 10.7. The van der Waals surface area contributed by atoms with E-state index in [4.69, 9.17) is 18.8 Å². The van der Waals surface area contributed by atoms with Crippen molar-refractivity contribution >= 4 is 31.3 Å². The lowest BCUT2D eigenvalue weighted by Crippen LogP contribution is -2.66. The van der Waals surface area contributed by atoms with Gasteiger partial charge in [0.1, 0.15) is 0 Å². The highest BCUT2D eigenvalue weighted by atomic mass is 28.4. The zero-order valence-corrected chi connectivity index (χ0v) is 25.8. The first-order valence-electron chi connectivity index (χ1n) is 14.6. The second-order valence-electron chi connectivity index (χ2n) is 13.5. The highest BCUT2D eigenvalue weighted by Gasteiger charge is 2.52. The van der Waals surface area contributed by atoms with Crippen LogP contribution in [0.4, 0.5) is 0 Å². The van der Waals surface area contributed by atoms with Gasteiger partial charge in [-0.05, 0) is 74.7 Å². The van der Waals surface area contributed by atoms with Crippen LogP contribution < -0.4 is 15.8 Å². The smallest absolute Gasteiger partial charge is 0.407 e. The Morgan fingerprint density at radius 1 is 0.872 bits per heavy atom. The van der Waals surface area contributed by atoms with E-state index in [0.29, 0.717) is 12.0 Å². The fourth-order valence-electron chi connectivity index (χ4n) is 6.23. The summed E-state index contributed by atoms with van der Waals surface area (Å²) in [4.78, 5) is 0. The maximum atomic E-state index is 7.24. The van der Waals surface area contributed by atoms with Crippen LogP contribution in [0.25, 0.3) is 0 Å². The molecule has 1 aliphatic carbocycles. The summed E-state index contributed by atoms with van der Waals surface area (Å²) >= 11 is 0. The van der Waals surface area contributed by atoms with Crippen molar-refractivity contribution in [3.8, 4) is 0 Å². The van der Waals surface area contributed by atoms with E-state index in [1.165, 1.54) is 10.4 Å². The van der Waals surface area contributed by atoms with Crippen molar-refractivity contribution in [1.82, 2.24) is 9.78 Å². The number of benzene rings is 2. The van der Waals surface area contributed by atoms with Gasteiger partial charge in [0.15, 0.2) is 0 Å². The number of nitrogens with zero attached hydrogens (tertiary/aromatic N) is 2. The Kier molecular flexibility index (Phi) is 7.75. The van der Waals surface area contributed by atoms with Crippen LogP contribution in [0.1, 0.15) is 80.2 Å². The van der Waals surface area contributed by atoms with Crippen molar-refractivity contribution in [2.45, 2.75) is 96.4 Å². The summed E-state index contributed by atoms with van der Waals surface area (Å²) in [5.74, 6) is 0.557. The minimum absolute atomic E-state index is 0.00584. The van der Waals surface area contributed by atoms with E-state index in [0.717, 1.165) is 37.8 Å². The van der Waals surface area contributed by atoms with Gasteiger partial charge in [-0.1, -0.05) is 81.4 Å². The fourth-order valence-corrected chi connectivity index (χ4v) is 10.9. The summed E-state index contributed by atoms with van der Waals surface area (Å²) in [5.41, 5.74) is 0.317. The van der Waals surface area contributed by atoms with Crippen molar-refractivity contribution in [3.05, 3.63) is 73.1 Å². The molecule has 0 spiro atoms. The number of aromatic nitrogens is 2. The Labute approximate surface area is 236 Å². The lowest BCUT2D eigenvalue weighted by atomic mass is 9.81. The zero-order chi connectivity index (χ0) is 27.9. The maximum absolute atomic E-state index is 7.24. The van der Waals surface area contributed by atoms with Crippen molar-refractivity contribution in [1.29, 1.82) is 0 Å². The van der Waals surface area contributed by atoms with Gasteiger partial charge in [0.05, 0.1) is 17.2 Å². The molecule has 3 aromatic rings. The molecule has 0 bridgehead atoms. The van der Waals surface area contributed by atoms with E-state index in [2.05, 4.69) is 120 Å². The van der Waals surface area contributed by atoms with Crippen LogP contribution in [0.3, 0.4) is 0 Å². The first-order valence-corrected chi connectivity index (χ1v) is 16.5. The molecule has 2 aliphatic rings. The normalized spacial score (nSPS) is 23.2. The van der Waals surface area contributed by atoms with Crippen LogP contribution in [0.2, 0.25) is 5.04 Å². The van der Waals surface area contributed by atoms with Crippen LogP contribution in [0.5, 0.6) is 0 Å². The van der Waals surface area contributed by atoms with Gasteiger partial charge in [0, 0.05) is 24.5 Å². The summed E-state index contributed by atoms with van der Waals surface area (Å²) in [6.45, 7) is 16.2. The van der Waals surface area contributed by atoms with Crippen LogP contribution in [0.15, 0.2) is 73.1 Å². The average molecular weight is 545 g/mol. The molecule has 1 saturated heterocycles. The van der Waals surface area contributed by atoms with Crippen LogP contribution >= 0.6 is 0 Å². The zero-order valence-electron chi connectivity index (χ0n) is 24.8. The summed E-state index contributed by atoms with van der Waals surface area (Å²) in [7, 11) is -2.86. The highest BCUT2D eigenvalue weighted by molar-refractivity contribution is 6.99. The molecule has 1 aromatic heterocycles. The molecule has 0 amide bonds. The fraction of sp³-hybridized carbons (Fsp3) is 0.531. The van der Waals surface area contributed by atoms with E-state index >= 15 is 0 Å². The molecule has 1 aliphatic heterocycles. The third-order valence-electron chi connectivity index (χ3n) is 9.29. The Hall–Kier alpha value is -2.19. The van der Waals surface area contributed by atoms with E-state index in [1.807, 2.05) is 6.20 Å². The van der Waals surface area contributed by atoms with Crippen molar-refractivity contribution < 1.29 is 13.7 Å². The predicted molar refractivity (Wildman–Crippen MR) is 163 cm³/mol. The standard InChI is InChI=1S/C32H45BN2O3Si/c1-30(2,3)39(28-14-10-8-11-15-28,29-16-12-9-13-17-29)36-24-25-18-20-27(21-19-25)35-23-26(22-34-35)33-37-31(4,5)32(6,7)38-33/h8-17,22-23,25,27H,18-21,24H2,1-7H3. The Morgan fingerprint density at radius 2 is 1.38 bits per heavy atom. The highest BCUT2D eigenvalue weighted by Crippen LogP contribution is 2.39. The Balaban J connectivity index is 1.26. The first kappa shape index (κ1) is 28.3. The molecular formula is C32H45BN2O3Si. The van der Waals surface area contributed by atoms with Gasteiger partial charge in [-0.25, -0.2) is 0 Å². The SMILES string of the molecule is CC1(C)OB(c2cnn(C3CCC(CO[Si](c4ccccc4)(c4ccccc4)C(C)(C)C)CC3)c2)OC1(C)C. The van der Waals surface area contributed by atoms with Crippen molar-refractivity contribution in [2.24, 2.45) is 5.92 Å². The Bertz CT molecular complexity index is 1180. The van der Waals surface area contributed by atoms with Gasteiger partial charge in [0.25, 0.3) is 8.32 Å². The number of rotatable bonds is 7. The van der Waals surface area contributed by atoms with E-state index in [-0.39, 0.29) is 23.4 Å². The second-order valence-corrected chi connectivity index (χ2v) is 17.8. The minimum Gasteiger partial charge on any atom is -0.407 e. The molecule has 208 valence electrons. The molecule has 0 atom stereocenters. The van der Waals surface area contributed by atoms with Crippen LogP contribution in [-0.2, 0) is 13.7 Å². The summed E-state index contributed by atoms with van der Waals surface area (Å²) in [6, 6.07) is 22.3. The molecule has 0 unspecified atom stereocenters. The summed E-state index contributed by atoms with van der Waals surface area (Å²) in [6.07, 6.45) is 8.56. The van der Waals surface area contributed by atoms with Gasteiger partial charge in [-0.2, -0.15) is 5.10 Å². The molecule has 2 aromatic carbocycles. The van der Waals surface area contributed by atoms with Gasteiger partial charge < -0.3 is 13.7 Å². The lowest BCUT2D eigenvalue weighted by Gasteiger charge is -2.44. The first-order chi connectivity index (χ1) is 18.4. The van der Waals surface area contributed by atoms with Crippen molar-refractivity contribution in [2.75, 3.05) is 6.61 Å². The topological polar surface area (TPSA) is 45.5 Å². The molecular weight excluding hydrogens is 499 g/mol. The Morgan fingerprint density at radius 3 is 1.87 bits per heavy atom. The van der Waals surface area contributed by atoms with Gasteiger partial charge in [0.2, 0.25) is 0 Å². The maximum Gasteiger partial charge on any atom is 0.498 e. The summed E-state index contributed by atoms with van der Waals surface area (Å²) in [5, 5.41) is 7.44. The molecule has 0 N–H and O–H groups in total. The molecule has 39 heavy (non-hydrogen) atoms. The van der Waals surface area contributed by atoms with Crippen LogP contribution in [-0.4, -0.2) is 43.0 Å². The largest absolute Gasteiger partial charge is 0.498 e. The molecule has 7 heteroatoms. The number of hydrogen-bond donors (Lipinski definition) is 0. The van der Waals surface area contributed by atoms with Crippen molar-refractivity contribution in [3.63, 3.8) is 0 Å². The third kappa shape index (κ3) is 5.43. The molecule has 0 radical (unpaired) electrons. The quantitative estimate of drug-likeness (QED) is 0.369. The van der Waals surface area contributed by atoms with Gasteiger partial charge >= 0.3 is 7.12 Å². The molecule has 1 saturated carbocycles. The summed E-state index contributed by atoms with van der Waals surface area (Å²) < 4.78 is 21.9. The molecule has 5 rings (SSSR count). The third-order valence-corrected chi connectivity index (χ3v) is 14.3. The minimum atomic E-state index is -2.50. The molecule has 2 heterocycles. The van der Waals surface area contributed by atoms with Gasteiger partial charge in [-0.15, -0.1) is 0 Å². The molecule has 5 nitrogen and oxygen atoms in total. The lowest BCUT2D eigenvalue weighted by molar-refractivity contribution is 0.00578. The predicted octanol–water partition coefficient (Wildman–Crippen LogP) is 5.49. The number of hydrogen-bond acceptors (Lipinski definition) is 4.